The zero-order chi connectivity index (χ0) is 21.5. The predicted octanol–water partition coefficient (Wildman–Crippen LogP) is 3.66. The lowest BCUT2D eigenvalue weighted by Gasteiger charge is -2.11. The molecule has 0 aliphatic carbocycles. The molecule has 0 radical (unpaired) electrons. The number of rotatable bonds is 8. The maximum atomic E-state index is 12.3. The van der Waals surface area contributed by atoms with Gasteiger partial charge in [0, 0.05) is 0 Å². The second kappa shape index (κ2) is 9.76. The molecule has 8 heteroatoms. The number of amides is 1. The smallest absolute Gasteiger partial charge is 0.341 e. The lowest BCUT2D eigenvalue weighted by atomic mass is 10.0. The number of nitrogens with zero attached hydrogens (tertiary/aromatic N) is 1. The third-order valence-corrected chi connectivity index (χ3v) is 4.51. The van der Waals surface area contributed by atoms with E-state index >= 15 is 0 Å². The average Bonchev–Trinajstić information content (AvgIpc) is 2.72. The Hall–Kier alpha value is -3.58. The van der Waals surface area contributed by atoms with Crippen molar-refractivity contribution in [2.45, 2.75) is 6.42 Å². The van der Waals surface area contributed by atoms with Gasteiger partial charge in [0.2, 0.25) is 5.91 Å². The molecule has 30 heavy (non-hydrogen) atoms. The van der Waals surface area contributed by atoms with Crippen LogP contribution >= 0.6 is 11.6 Å². The zero-order valence-corrected chi connectivity index (χ0v) is 16.8. The van der Waals surface area contributed by atoms with Gasteiger partial charge in [-0.2, -0.15) is 5.10 Å². The number of carbonyl (C=O) groups is 2. The van der Waals surface area contributed by atoms with Crippen LogP contribution in [0.4, 0.5) is 0 Å². The van der Waals surface area contributed by atoms with E-state index in [2.05, 4.69) is 10.5 Å². The van der Waals surface area contributed by atoms with E-state index in [1.165, 1.54) is 19.4 Å². The van der Waals surface area contributed by atoms with E-state index in [1.54, 1.807) is 6.07 Å². The van der Waals surface area contributed by atoms with Crippen molar-refractivity contribution in [1.29, 1.82) is 0 Å². The number of carboxylic acids is 1. The molecule has 0 heterocycles. The molecule has 0 aliphatic rings. The van der Waals surface area contributed by atoms with E-state index in [0.717, 1.165) is 16.3 Å². The van der Waals surface area contributed by atoms with Crippen LogP contribution < -0.4 is 14.9 Å². The summed E-state index contributed by atoms with van der Waals surface area (Å²) in [7, 11) is 1.41. The molecule has 3 aromatic carbocycles. The minimum absolute atomic E-state index is 0.124. The lowest BCUT2D eigenvalue weighted by Crippen LogP contribution is -2.19. The van der Waals surface area contributed by atoms with Gasteiger partial charge in [-0.05, 0) is 34.0 Å². The Morgan fingerprint density at radius 1 is 1.17 bits per heavy atom. The summed E-state index contributed by atoms with van der Waals surface area (Å²) in [6, 6.07) is 16.8. The van der Waals surface area contributed by atoms with Gasteiger partial charge in [-0.1, -0.05) is 54.1 Å². The van der Waals surface area contributed by atoms with Crippen LogP contribution in [0.3, 0.4) is 0 Å². The monoisotopic (exact) mass is 426 g/mol. The molecule has 0 aromatic heterocycles. The number of carboxylic acid groups (broad SMARTS) is 1. The summed E-state index contributed by atoms with van der Waals surface area (Å²) >= 11 is 6.15. The number of methoxy groups -OCH3 is 1. The van der Waals surface area contributed by atoms with Gasteiger partial charge in [-0.3, -0.25) is 4.79 Å². The highest BCUT2D eigenvalue weighted by molar-refractivity contribution is 6.32. The van der Waals surface area contributed by atoms with Gasteiger partial charge in [0.05, 0.1) is 24.8 Å². The molecule has 0 atom stereocenters. The number of halogens is 1. The van der Waals surface area contributed by atoms with Crippen molar-refractivity contribution >= 4 is 40.5 Å². The number of hydrazone groups is 1. The molecule has 0 saturated heterocycles. The zero-order valence-electron chi connectivity index (χ0n) is 16.1. The van der Waals surface area contributed by atoms with Gasteiger partial charge < -0.3 is 14.6 Å². The third kappa shape index (κ3) is 5.27. The maximum absolute atomic E-state index is 12.3. The largest absolute Gasteiger partial charge is 0.493 e. The number of hydrogen-bond donors (Lipinski definition) is 2. The number of benzene rings is 3. The molecule has 3 aromatic rings. The second-order valence-corrected chi connectivity index (χ2v) is 6.73. The standard InChI is InChI=1S/C22H19ClN2O5/c1-29-19-10-14(9-18(23)22(19)30-13-21(27)28)12-24-25-20(26)11-16-7-4-6-15-5-2-3-8-17(15)16/h2-10,12H,11,13H2,1H3,(H,25,26)(H,27,28)/b24-12-. The van der Waals surface area contributed by atoms with E-state index in [1.807, 2.05) is 42.5 Å². The Labute approximate surface area is 177 Å². The molecule has 1 amide bonds. The van der Waals surface area contributed by atoms with E-state index in [-0.39, 0.29) is 28.8 Å². The molecule has 2 N–H and O–H groups in total. The molecular formula is C22H19ClN2O5. The summed E-state index contributed by atoms with van der Waals surface area (Å²) < 4.78 is 10.3. The number of hydrogen-bond acceptors (Lipinski definition) is 5. The second-order valence-electron chi connectivity index (χ2n) is 6.32. The summed E-state index contributed by atoms with van der Waals surface area (Å²) in [5.74, 6) is -1.01. The summed E-state index contributed by atoms with van der Waals surface area (Å²) in [4.78, 5) is 23.0. The molecule has 154 valence electrons. The first-order valence-electron chi connectivity index (χ1n) is 8.98. The van der Waals surface area contributed by atoms with Gasteiger partial charge in [0.15, 0.2) is 18.1 Å². The molecular weight excluding hydrogens is 408 g/mol. The third-order valence-electron chi connectivity index (χ3n) is 4.23. The first-order valence-corrected chi connectivity index (χ1v) is 9.36. The lowest BCUT2D eigenvalue weighted by molar-refractivity contribution is -0.139. The van der Waals surface area contributed by atoms with Crippen LogP contribution in [0.1, 0.15) is 11.1 Å². The van der Waals surface area contributed by atoms with Crippen molar-refractivity contribution in [3.63, 3.8) is 0 Å². The Morgan fingerprint density at radius 3 is 2.70 bits per heavy atom. The van der Waals surface area contributed by atoms with Crippen LogP contribution in [0.5, 0.6) is 11.5 Å². The number of nitrogens with one attached hydrogen (secondary N) is 1. The molecule has 3 rings (SSSR count). The first kappa shape index (κ1) is 21.1. The fourth-order valence-electron chi connectivity index (χ4n) is 2.93. The van der Waals surface area contributed by atoms with Crippen LogP contribution in [-0.2, 0) is 16.0 Å². The van der Waals surface area contributed by atoms with Crippen LogP contribution in [-0.4, -0.2) is 36.9 Å². The van der Waals surface area contributed by atoms with Gasteiger partial charge in [0.25, 0.3) is 0 Å². The molecule has 0 aliphatic heterocycles. The highest BCUT2D eigenvalue weighted by Crippen LogP contribution is 2.36. The van der Waals surface area contributed by atoms with Gasteiger partial charge in [-0.15, -0.1) is 0 Å². The van der Waals surface area contributed by atoms with Crippen molar-refractivity contribution in [2.75, 3.05) is 13.7 Å². The summed E-state index contributed by atoms with van der Waals surface area (Å²) in [5.41, 5.74) is 3.95. The van der Waals surface area contributed by atoms with E-state index < -0.39 is 12.6 Å². The van der Waals surface area contributed by atoms with Gasteiger partial charge >= 0.3 is 5.97 Å². The van der Waals surface area contributed by atoms with Crippen molar-refractivity contribution in [2.24, 2.45) is 5.10 Å². The Kier molecular flexibility index (Phi) is 6.87. The molecule has 0 fully saturated rings. The van der Waals surface area contributed by atoms with Crippen molar-refractivity contribution in [1.82, 2.24) is 5.43 Å². The minimum atomic E-state index is -1.13. The highest BCUT2D eigenvalue weighted by Gasteiger charge is 2.13. The van der Waals surface area contributed by atoms with Gasteiger partial charge in [-0.25, -0.2) is 10.2 Å². The normalized spacial score (nSPS) is 10.9. The van der Waals surface area contributed by atoms with E-state index in [0.29, 0.717) is 5.56 Å². The number of carbonyl (C=O) groups excluding carboxylic acids is 1. The van der Waals surface area contributed by atoms with Crippen LogP contribution in [0.15, 0.2) is 59.7 Å². The van der Waals surface area contributed by atoms with Crippen molar-refractivity contribution < 1.29 is 24.2 Å². The summed E-state index contributed by atoms with van der Waals surface area (Å²) in [5, 5.41) is 15.0. The topological polar surface area (TPSA) is 97.2 Å². The van der Waals surface area contributed by atoms with E-state index in [9.17, 15) is 9.59 Å². The first-order chi connectivity index (χ1) is 14.5. The highest BCUT2D eigenvalue weighted by atomic mass is 35.5. The SMILES string of the molecule is COc1cc(/C=N\NC(=O)Cc2cccc3ccccc23)cc(Cl)c1OCC(=O)O. The quantitative estimate of drug-likeness (QED) is 0.423. The molecule has 0 bridgehead atoms. The average molecular weight is 427 g/mol. The molecule has 0 saturated carbocycles. The van der Waals surface area contributed by atoms with E-state index in [4.69, 9.17) is 26.2 Å². The van der Waals surface area contributed by atoms with Crippen LogP contribution in [0.2, 0.25) is 5.02 Å². The number of fused-ring (bicyclic) bond motifs is 1. The minimum Gasteiger partial charge on any atom is -0.493 e. The van der Waals surface area contributed by atoms with Crippen molar-refractivity contribution in [3.05, 3.63) is 70.7 Å². The molecule has 0 spiro atoms. The van der Waals surface area contributed by atoms with Gasteiger partial charge in [0.1, 0.15) is 0 Å². The Balaban J connectivity index is 1.67. The summed E-state index contributed by atoms with van der Waals surface area (Å²) in [6.07, 6.45) is 1.60. The fourth-order valence-corrected chi connectivity index (χ4v) is 3.20. The molecule has 7 nitrogen and oxygen atoms in total. The maximum Gasteiger partial charge on any atom is 0.341 e. The Morgan fingerprint density at radius 2 is 1.93 bits per heavy atom. The number of aliphatic carboxylic acids is 1. The number of ether oxygens (including phenoxy) is 2. The molecule has 0 unspecified atom stereocenters. The fraction of sp³-hybridized carbons (Fsp3) is 0.136. The predicted molar refractivity (Wildman–Crippen MR) is 115 cm³/mol. The summed E-state index contributed by atoms with van der Waals surface area (Å²) in [6.45, 7) is -0.548. The van der Waals surface area contributed by atoms with Crippen molar-refractivity contribution in [3.8, 4) is 11.5 Å². The van der Waals surface area contributed by atoms with Crippen LogP contribution in [0.25, 0.3) is 10.8 Å². The Bertz CT molecular complexity index is 1110. The van der Waals surface area contributed by atoms with Crippen LogP contribution in [0, 0.1) is 0 Å².